The van der Waals surface area contributed by atoms with Crippen molar-refractivity contribution >= 4 is 17.3 Å². The fourth-order valence-electron chi connectivity index (χ4n) is 2.93. The van der Waals surface area contributed by atoms with Crippen LogP contribution in [0.25, 0.3) is 0 Å². The van der Waals surface area contributed by atoms with Gasteiger partial charge in [-0.15, -0.1) is 0 Å². The van der Waals surface area contributed by atoms with Crippen LogP contribution in [0.4, 0.5) is 5.69 Å². The van der Waals surface area contributed by atoms with Crippen molar-refractivity contribution in [3.8, 4) is 5.75 Å². The van der Waals surface area contributed by atoms with E-state index in [1.54, 1.807) is 0 Å². The Morgan fingerprint density at radius 2 is 1.95 bits per heavy atom. The first kappa shape index (κ1) is 16.4. The highest BCUT2D eigenvalue weighted by Crippen LogP contribution is 2.39. The summed E-state index contributed by atoms with van der Waals surface area (Å²) in [6.45, 7) is 12.5. The minimum absolute atomic E-state index is 0.106. The molecule has 1 saturated heterocycles. The van der Waals surface area contributed by atoms with Gasteiger partial charge in [-0.05, 0) is 66.2 Å². The third-order valence-electron chi connectivity index (χ3n) is 3.71. The zero-order valence-electron chi connectivity index (χ0n) is 13.8. The fraction of sp³-hybridized carbons (Fsp3) is 0.647. The number of rotatable bonds is 4. The molecule has 1 N–H and O–H groups in total. The summed E-state index contributed by atoms with van der Waals surface area (Å²) in [5.41, 5.74) is 0.685. The van der Waals surface area contributed by atoms with Crippen molar-refractivity contribution in [3.63, 3.8) is 0 Å². The third-order valence-corrected chi connectivity index (χ3v) is 4.01. The Kier molecular flexibility index (Phi) is 4.46. The summed E-state index contributed by atoms with van der Waals surface area (Å²) < 4.78 is 11.8. The molecule has 0 radical (unpaired) electrons. The monoisotopic (exact) mass is 311 g/mol. The van der Waals surface area contributed by atoms with Gasteiger partial charge in [-0.2, -0.15) is 0 Å². The summed E-state index contributed by atoms with van der Waals surface area (Å²) in [6, 6.07) is 6.09. The normalized spacial score (nSPS) is 23.3. The van der Waals surface area contributed by atoms with Gasteiger partial charge in [0, 0.05) is 5.69 Å². The molecule has 1 unspecified atom stereocenters. The third kappa shape index (κ3) is 4.04. The maximum atomic E-state index is 6.29. The van der Waals surface area contributed by atoms with Gasteiger partial charge in [-0.3, -0.25) is 0 Å². The molecule has 0 aliphatic carbocycles. The van der Waals surface area contributed by atoms with E-state index in [2.05, 4.69) is 33.0 Å². The first-order valence-electron chi connectivity index (χ1n) is 7.52. The molecule has 0 bridgehead atoms. The van der Waals surface area contributed by atoms with E-state index in [-0.39, 0.29) is 23.3 Å². The van der Waals surface area contributed by atoms with Crippen molar-refractivity contribution in [1.29, 1.82) is 0 Å². The van der Waals surface area contributed by atoms with Gasteiger partial charge < -0.3 is 14.8 Å². The average molecular weight is 312 g/mol. The molecule has 1 aliphatic heterocycles. The number of anilines is 1. The average Bonchev–Trinajstić information content (AvgIpc) is 2.50. The summed E-state index contributed by atoms with van der Waals surface area (Å²) >= 11 is 6.29. The van der Waals surface area contributed by atoms with E-state index in [4.69, 9.17) is 21.1 Å². The molecule has 0 amide bonds. The molecule has 1 aromatic rings. The van der Waals surface area contributed by atoms with Crippen LogP contribution in [0.2, 0.25) is 5.02 Å². The van der Waals surface area contributed by atoms with Gasteiger partial charge in [-0.1, -0.05) is 11.6 Å². The van der Waals surface area contributed by atoms with E-state index in [0.717, 1.165) is 17.9 Å². The van der Waals surface area contributed by atoms with E-state index in [9.17, 15) is 0 Å². The maximum absolute atomic E-state index is 6.29. The molecule has 1 aromatic carbocycles. The minimum atomic E-state index is -0.205. The van der Waals surface area contributed by atoms with Crippen LogP contribution in [0.5, 0.6) is 5.75 Å². The Labute approximate surface area is 133 Å². The zero-order chi connectivity index (χ0) is 15.8. The Balaban J connectivity index is 2.12. The molecule has 1 atom stereocenters. The minimum Gasteiger partial charge on any atom is -0.489 e. The second kappa shape index (κ2) is 5.69. The van der Waals surface area contributed by atoms with Crippen molar-refractivity contribution in [1.82, 2.24) is 0 Å². The van der Waals surface area contributed by atoms with Crippen LogP contribution in [0.15, 0.2) is 18.2 Å². The Hall–Kier alpha value is -0.930. The summed E-state index contributed by atoms with van der Waals surface area (Å²) in [5, 5.41) is 4.17. The standard InChI is InChI=1S/C17H26ClNO2/c1-11(2)20-14-8-7-12(9-13(14)18)19-15-10-16(3,4)21-17(15,5)6/h7-9,11,15,19H,10H2,1-6H3. The van der Waals surface area contributed by atoms with Crippen molar-refractivity contribution in [2.45, 2.75) is 71.3 Å². The Bertz CT molecular complexity index is 512. The molecule has 1 heterocycles. The van der Waals surface area contributed by atoms with Gasteiger partial charge in [-0.25, -0.2) is 0 Å². The highest BCUT2D eigenvalue weighted by atomic mass is 35.5. The van der Waals surface area contributed by atoms with Crippen LogP contribution in [-0.4, -0.2) is 23.3 Å². The lowest BCUT2D eigenvalue weighted by atomic mass is 9.94. The van der Waals surface area contributed by atoms with Gasteiger partial charge in [0.25, 0.3) is 0 Å². The zero-order valence-corrected chi connectivity index (χ0v) is 14.5. The molecule has 118 valence electrons. The maximum Gasteiger partial charge on any atom is 0.138 e. The second-order valence-electron chi connectivity index (χ2n) is 7.18. The van der Waals surface area contributed by atoms with Crippen molar-refractivity contribution in [3.05, 3.63) is 23.2 Å². The van der Waals surface area contributed by atoms with Crippen LogP contribution < -0.4 is 10.1 Å². The van der Waals surface area contributed by atoms with Crippen molar-refractivity contribution < 1.29 is 9.47 Å². The molecule has 1 fully saturated rings. The molecule has 1 aliphatic rings. The Morgan fingerprint density at radius 3 is 2.43 bits per heavy atom. The lowest BCUT2D eigenvalue weighted by molar-refractivity contribution is -0.0662. The van der Waals surface area contributed by atoms with Gasteiger partial charge in [0.2, 0.25) is 0 Å². The first-order chi connectivity index (χ1) is 9.59. The molecule has 2 rings (SSSR count). The molecular weight excluding hydrogens is 286 g/mol. The largest absolute Gasteiger partial charge is 0.489 e. The number of nitrogens with one attached hydrogen (secondary N) is 1. The van der Waals surface area contributed by atoms with Gasteiger partial charge >= 0.3 is 0 Å². The highest BCUT2D eigenvalue weighted by Gasteiger charge is 2.45. The first-order valence-corrected chi connectivity index (χ1v) is 7.90. The van der Waals surface area contributed by atoms with E-state index >= 15 is 0 Å². The predicted octanol–water partition coefficient (Wildman–Crippen LogP) is 4.89. The summed E-state index contributed by atoms with van der Waals surface area (Å²) in [7, 11) is 0. The molecular formula is C17H26ClNO2. The van der Waals surface area contributed by atoms with E-state index in [1.807, 2.05) is 32.0 Å². The molecule has 0 saturated carbocycles. The van der Waals surface area contributed by atoms with Crippen molar-refractivity contribution in [2.24, 2.45) is 0 Å². The van der Waals surface area contributed by atoms with Crippen LogP contribution in [-0.2, 0) is 4.74 Å². The van der Waals surface area contributed by atoms with E-state index in [0.29, 0.717) is 5.02 Å². The fourth-order valence-corrected chi connectivity index (χ4v) is 3.15. The molecule has 21 heavy (non-hydrogen) atoms. The van der Waals surface area contributed by atoms with Crippen LogP contribution in [0.3, 0.4) is 0 Å². The molecule has 0 spiro atoms. The quantitative estimate of drug-likeness (QED) is 0.859. The molecule has 0 aromatic heterocycles. The SMILES string of the molecule is CC(C)Oc1ccc(NC2CC(C)(C)OC2(C)C)cc1Cl. The topological polar surface area (TPSA) is 30.5 Å². The molecule has 4 heteroatoms. The summed E-state index contributed by atoms with van der Waals surface area (Å²) in [4.78, 5) is 0. The summed E-state index contributed by atoms with van der Waals surface area (Å²) in [5.74, 6) is 0.722. The number of halogens is 1. The molecule has 3 nitrogen and oxygen atoms in total. The smallest absolute Gasteiger partial charge is 0.138 e. The number of ether oxygens (including phenoxy) is 2. The van der Waals surface area contributed by atoms with Crippen LogP contribution >= 0.6 is 11.6 Å². The lowest BCUT2D eigenvalue weighted by Gasteiger charge is -2.28. The second-order valence-corrected chi connectivity index (χ2v) is 7.59. The highest BCUT2D eigenvalue weighted by molar-refractivity contribution is 6.32. The van der Waals surface area contributed by atoms with Crippen LogP contribution in [0, 0.1) is 0 Å². The van der Waals surface area contributed by atoms with E-state index < -0.39 is 0 Å². The van der Waals surface area contributed by atoms with Gasteiger partial charge in [0.05, 0.1) is 28.4 Å². The van der Waals surface area contributed by atoms with Crippen molar-refractivity contribution in [2.75, 3.05) is 5.32 Å². The van der Waals surface area contributed by atoms with Gasteiger partial charge in [0.15, 0.2) is 0 Å². The summed E-state index contributed by atoms with van der Waals surface area (Å²) in [6.07, 6.45) is 1.08. The Morgan fingerprint density at radius 1 is 1.29 bits per heavy atom. The van der Waals surface area contributed by atoms with E-state index in [1.165, 1.54) is 0 Å². The number of benzene rings is 1. The van der Waals surface area contributed by atoms with Crippen LogP contribution in [0.1, 0.15) is 48.0 Å². The predicted molar refractivity (Wildman–Crippen MR) is 88.5 cm³/mol. The lowest BCUT2D eigenvalue weighted by Crippen LogP contribution is -2.38. The number of hydrogen-bond acceptors (Lipinski definition) is 3. The van der Waals surface area contributed by atoms with Gasteiger partial charge in [0.1, 0.15) is 5.75 Å². The number of hydrogen-bond donors (Lipinski definition) is 1.